The molecule has 0 aromatic carbocycles. The van der Waals surface area contributed by atoms with Crippen molar-refractivity contribution in [3.8, 4) is 11.5 Å². The summed E-state index contributed by atoms with van der Waals surface area (Å²) >= 11 is 0. The predicted octanol–water partition coefficient (Wildman–Crippen LogP) is 1.43. The maximum absolute atomic E-state index is 4.63. The molecule has 0 spiro atoms. The highest BCUT2D eigenvalue weighted by atomic mass is 15.0. The molecule has 4 heteroatoms. The molecule has 82 valence electrons. The zero-order valence-corrected chi connectivity index (χ0v) is 9.25. The molecule has 2 aromatic rings. The molecule has 0 radical (unpaired) electrons. The number of rotatable bonds is 1. The highest BCUT2D eigenvalue weighted by molar-refractivity contribution is 5.50. The number of hydrogen-bond acceptors (Lipinski definition) is 3. The average molecular weight is 214 g/mol. The van der Waals surface area contributed by atoms with Crippen molar-refractivity contribution < 1.29 is 0 Å². The van der Waals surface area contributed by atoms with Crippen LogP contribution in [0.4, 0.5) is 0 Å². The van der Waals surface area contributed by atoms with Crippen LogP contribution in [0.25, 0.3) is 11.5 Å². The molecule has 0 aliphatic carbocycles. The minimum absolute atomic E-state index is 0.808. The van der Waals surface area contributed by atoms with Crippen LogP contribution < -0.4 is 5.32 Å². The van der Waals surface area contributed by atoms with Crippen LogP contribution in [0, 0.1) is 6.92 Å². The molecule has 0 fully saturated rings. The number of H-pyrrole nitrogens is 1. The molecule has 0 saturated heterocycles. The normalized spacial score (nSPS) is 14.8. The van der Waals surface area contributed by atoms with Gasteiger partial charge in [0.05, 0.1) is 11.4 Å². The van der Waals surface area contributed by atoms with Crippen LogP contribution in [0.5, 0.6) is 0 Å². The number of fused-ring (bicyclic) bond motifs is 1. The van der Waals surface area contributed by atoms with E-state index in [1.54, 1.807) is 0 Å². The largest absolute Gasteiger partial charge is 0.359 e. The number of hydrogen-bond donors (Lipinski definition) is 2. The van der Waals surface area contributed by atoms with Crippen molar-refractivity contribution in [3.05, 3.63) is 35.3 Å². The van der Waals surface area contributed by atoms with Gasteiger partial charge in [0.2, 0.25) is 0 Å². The lowest BCUT2D eigenvalue weighted by atomic mass is 10.1. The lowest BCUT2D eigenvalue weighted by Gasteiger charge is -2.18. The van der Waals surface area contributed by atoms with E-state index in [0.29, 0.717) is 0 Å². The third-order valence-electron chi connectivity index (χ3n) is 2.98. The molecular formula is C12H14N4. The summed E-state index contributed by atoms with van der Waals surface area (Å²) < 4.78 is 0. The van der Waals surface area contributed by atoms with Crippen molar-refractivity contribution >= 4 is 0 Å². The monoisotopic (exact) mass is 214 g/mol. The van der Waals surface area contributed by atoms with Gasteiger partial charge in [-0.05, 0) is 19.1 Å². The van der Waals surface area contributed by atoms with E-state index >= 15 is 0 Å². The van der Waals surface area contributed by atoms with Crippen LogP contribution in [0.15, 0.2) is 18.3 Å². The first-order chi connectivity index (χ1) is 7.84. The highest BCUT2D eigenvalue weighted by Gasteiger charge is 2.15. The highest BCUT2D eigenvalue weighted by Crippen LogP contribution is 2.19. The van der Waals surface area contributed by atoms with Gasteiger partial charge >= 0.3 is 0 Å². The lowest BCUT2D eigenvalue weighted by Crippen LogP contribution is -2.26. The summed E-state index contributed by atoms with van der Waals surface area (Å²) in [4.78, 5) is 12.3. The van der Waals surface area contributed by atoms with Gasteiger partial charge in [-0.2, -0.15) is 0 Å². The van der Waals surface area contributed by atoms with E-state index in [1.807, 2.05) is 18.3 Å². The fraction of sp³-hybridized carbons (Fsp3) is 0.333. The fourth-order valence-corrected chi connectivity index (χ4v) is 2.10. The summed E-state index contributed by atoms with van der Waals surface area (Å²) in [6, 6.07) is 3.97. The molecule has 0 unspecified atom stereocenters. The Morgan fingerprint density at radius 1 is 1.31 bits per heavy atom. The van der Waals surface area contributed by atoms with Crippen LogP contribution in [0.2, 0.25) is 0 Å². The third-order valence-corrected chi connectivity index (χ3v) is 2.98. The Hall–Kier alpha value is -1.68. The third kappa shape index (κ3) is 1.51. The van der Waals surface area contributed by atoms with Crippen LogP contribution in [0.3, 0.4) is 0 Å². The van der Waals surface area contributed by atoms with Crippen molar-refractivity contribution in [2.75, 3.05) is 6.54 Å². The molecule has 2 N–H and O–H groups in total. The van der Waals surface area contributed by atoms with Gasteiger partial charge in [0.15, 0.2) is 5.82 Å². The van der Waals surface area contributed by atoms with Gasteiger partial charge in [-0.1, -0.05) is 0 Å². The smallest absolute Gasteiger partial charge is 0.176 e. The lowest BCUT2D eigenvalue weighted by molar-refractivity contribution is 0.621. The second kappa shape index (κ2) is 3.72. The minimum Gasteiger partial charge on any atom is -0.359 e. The van der Waals surface area contributed by atoms with E-state index < -0.39 is 0 Å². The van der Waals surface area contributed by atoms with Crippen molar-refractivity contribution in [1.29, 1.82) is 0 Å². The summed E-state index contributed by atoms with van der Waals surface area (Å²) in [6.07, 6.45) is 2.89. The van der Waals surface area contributed by atoms with E-state index in [-0.39, 0.29) is 0 Å². The molecule has 0 atom stereocenters. The first-order valence-electron chi connectivity index (χ1n) is 5.55. The summed E-state index contributed by atoms with van der Waals surface area (Å²) in [5.74, 6) is 0.808. The molecule has 16 heavy (non-hydrogen) atoms. The van der Waals surface area contributed by atoms with Gasteiger partial charge in [0.1, 0.15) is 0 Å². The SMILES string of the molecule is Cc1nc(-c2ccc[nH]2)nc2c1CNCC2. The van der Waals surface area contributed by atoms with Gasteiger partial charge < -0.3 is 10.3 Å². The first kappa shape index (κ1) is 9.54. The molecule has 4 nitrogen and oxygen atoms in total. The zero-order chi connectivity index (χ0) is 11.0. The molecule has 0 saturated carbocycles. The fourth-order valence-electron chi connectivity index (χ4n) is 2.10. The number of aromatic amines is 1. The van der Waals surface area contributed by atoms with Gasteiger partial charge in [0.25, 0.3) is 0 Å². The van der Waals surface area contributed by atoms with Crippen molar-refractivity contribution in [2.45, 2.75) is 19.9 Å². The first-order valence-corrected chi connectivity index (χ1v) is 5.55. The average Bonchev–Trinajstić information content (AvgIpc) is 2.82. The summed E-state index contributed by atoms with van der Waals surface area (Å²) in [5, 5.41) is 3.35. The molecule has 1 aliphatic rings. The summed E-state index contributed by atoms with van der Waals surface area (Å²) in [7, 11) is 0. The van der Waals surface area contributed by atoms with Crippen LogP contribution in [0.1, 0.15) is 17.0 Å². The number of aromatic nitrogens is 3. The standard InChI is InChI=1S/C12H14N4/c1-8-9-7-13-6-4-10(9)16-12(15-8)11-3-2-5-14-11/h2-3,5,13-14H,4,6-7H2,1H3. The maximum atomic E-state index is 4.63. The molecule has 0 amide bonds. The molecule has 0 bridgehead atoms. The predicted molar refractivity (Wildman–Crippen MR) is 62.0 cm³/mol. The Balaban J connectivity index is 2.12. The van der Waals surface area contributed by atoms with Crippen molar-refractivity contribution in [2.24, 2.45) is 0 Å². The summed E-state index contributed by atoms with van der Waals surface area (Å²) in [5.41, 5.74) is 4.53. The van der Waals surface area contributed by atoms with Crippen LogP contribution >= 0.6 is 0 Å². The molecular weight excluding hydrogens is 200 g/mol. The van der Waals surface area contributed by atoms with E-state index in [4.69, 9.17) is 0 Å². The van der Waals surface area contributed by atoms with Gasteiger partial charge in [0, 0.05) is 37.0 Å². The Kier molecular flexibility index (Phi) is 2.22. The minimum atomic E-state index is 0.808. The summed E-state index contributed by atoms with van der Waals surface area (Å²) in [6.45, 7) is 3.96. The second-order valence-electron chi connectivity index (χ2n) is 4.07. The number of nitrogens with one attached hydrogen (secondary N) is 2. The molecule has 2 aromatic heterocycles. The zero-order valence-electron chi connectivity index (χ0n) is 9.25. The van der Waals surface area contributed by atoms with Crippen molar-refractivity contribution in [1.82, 2.24) is 20.3 Å². The topological polar surface area (TPSA) is 53.6 Å². The maximum Gasteiger partial charge on any atom is 0.176 e. The van der Waals surface area contributed by atoms with E-state index in [9.17, 15) is 0 Å². The molecule has 3 heterocycles. The van der Waals surface area contributed by atoms with E-state index in [0.717, 1.165) is 36.7 Å². The van der Waals surface area contributed by atoms with Gasteiger partial charge in [-0.3, -0.25) is 0 Å². The van der Waals surface area contributed by atoms with E-state index in [2.05, 4.69) is 27.2 Å². The second-order valence-corrected chi connectivity index (χ2v) is 4.07. The Labute approximate surface area is 94.1 Å². The Bertz CT molecular complexity index is 502. The van der Waals surface area contributed by atoms with Gasteiger partial charge in [-0.25, -0.2) is 9.97 Å². The number of aryl methyl sites for hydroxylation is 1. The Morgan fingerprint density at radius 3 is 3.06 bits per heavy atom. The van der Waals surface area contributed by atoms with Gasteiger partial charge in [-0.15, -0.1) is 0 Å². The van der Waals surface area contributed by atoms with Crippen LogP contribution in [-0.4, -0.2) is 21.5 Å². The van der Waals surface area contributed by atoms with E-state index in [1.165, 1.54) is 11.3 Å². The van der Waals surface area contributed by atoms with Crippen molar-refractivity contribution in [3.63, 3.8) is 0 Å². The van der Waals surface area contributed by atoms with Crippen LogP contribution in [-0.2, 0) is 13.0 Å². The quantitative estimate of drug-likeness (QED) is 0.755. The molecule has 3 rings (SSSR count). The number of nitrogens with zero attached hydrogens (tertiary/aromatic N) is 2. The molecule has 1 aliphatic heterocycles. The Morgan fingerprint density at radius 2 is 2.25 bits per heavy atom.